The highest BCUT2D eigenvalue weighted by molar-refractivity contribution is 5.78. The Bertz CT molecular complexity index is 930. The minimum Gasteiger partial charge on any atom is -0.466 e. The van der Waals surface area contributed by atoms with E-state index in [2.05, 4.69) is 24.9 Å². The lowest BCUT2D eigenvalue weighted by atomic mass is 10.1. The molecule has 0 radical (unpaired) electrons. The Morgan fingerprint density at radius 2 is 1.81 bits per heavy atom. The number of likely N-dealkylation sites (tertiary alicyclic amines) is 1. The second-order valence-corrected chi connectivity index (χ2v) is 8.16. The quantitative estimate of drug-likeness (QED) is 0.619. The molecule has 10 heteroatoms. The summed E-state index contributed by atoms with van der Waals surface area (Å²) in [5.41, 5.74) is 1.57. The molecule has 2 aliphatic rings. The van der Waals surface area contributed by atoms with Crippen LogP contribution in [0.2, 0.25) is 0 Å². The average Bonchev–Trinajstić information content (AvgIpc) is 3.23. The minimum absolute atomic E-state index is 0.144. The number of rotatable bonds is 6. The molecule has 2 aromatic rings. The number of hydrogen-bond donors (Lipinski definition) is 0. The van der Waals surface area contributed by atoms with E-state index >= 15 is 0 Å². The van der Waals surface area contributed by atoms with Crippen LogP contribution in [0.1, 0.15) is 37.4 Å². The van der Waals surface area contributed by atoms with Crippen molar-refractivity contribution < 1.29 is 14.3 Å². The molecule has 31 heavy (non-hydrogen) atoms. The van der Waals surface area contributed by atoms with Crippen molar-refractivity contribution in [1.29, 1.82) is 0 Å². The number of piperazine rings is 1. The fourth-order valence-electron chi connectivity index (χ4n) is 4.41. The van der Waals surface area contributed by atoms with Gasteiger partial charge >= 0.3 is 5.97 Å². The highest BCUT2D eigenvalue weighted by Gasteiger charge is 2.27. The number of carbonyl (C=O) groups is 2. The maximum atomic E-state index is 12.6. The number of aromatic nitrogens is 4. The van der Waals surface area contributed by atoms with Crippen LogP contribution in [-0.4, -0.2) is 93.7 Å². The standard InChI is InChI=1S/C21H31N7O3/c1-3-31-19(30)13-17-16(2)24-21-22-15-23-28(21)20(17)27-11-9-25(10-12-27)14-18(29)26-7-5-4-6-8-26/h15H,3-14H2,1-2H3. The number of hydrogen-bond acceptors (Lipinski definition) is 8. The Kier molecular flexibility index (Phi) is 6.64. The summed E-state index contributed by atoms with van der Waals surface area (Å²) in [6.07, 6.45) is 5.06. The summed E-state index contributed by atoms with van der Waals surface area (Å²) in [7, 11) is 0. The predicted molar refractivity (Wildman–Crippen MR) is 115 cm³/mol. The van der Waals surface area contributed by atoms with Crippen LogP contribution in [0.5, 0.6) is 0 Å². The van der Waals surface area contributed by atoms with Crippen molar-refractivity contribution in [3.63, 3.8) is 0 Å². The zero-order valence-electron chi connectivity index (χ0n) is 18.4. The van der Waals surface area contributed by atoms with E-state index < -0.39 is 0 Å². The van der Waals surface area contributed by atoms with Crippen LogP contribution in [0.25, 0.3) is 5.78 Å². The summed E-state index contributed by atoms with van der Waals surface area (Å²) in [4.78, 5) is 40.0. The third kappa shape index (κ3) is 4.79. The van der Waals surface area contributed by atoms with Crippen molar-refractivity contribution in [2.45, 2.75) is 39.5 Å². The lowest BCUT2D eigenvalue weighted by molar-refractivity contribution is -0.142. The van der Waals surface area contributed by atoms with Gasteiger partial charge in [-0.05, 0) is 33.1 Å². The van der Waals surface area contributed by atoms with E-state index in [0.717, 1.165) is 69.2 Å². The highest BCUT2D eigenvalue weighted by atomic mass is 16.5. The molecule has 2 aromatic heterocycles. The number of fused-ring (bicyclic) bond motifs is 1. The number of piperidine rings is 1. The Balaban J connectivity index is 1.48. The molecule has 0 aromatic carbocycles. The molecule has 2 fully saturated rings. The van der Waals surface area contributed by atoms with Gasteiger partial charge in [0.1, 0.15) is 12.1 Å². The molecule has 2 saturated heterocycles. The summed E-state index contributed by atoms with van der Waals surface area (Å²) >= 11 is 0. The van der Waals surface area contributed by atoms with E-state index in [4.69, 9.17) is 4.74 Å². The normalized spacial score (nSPS) is 17.9. The first-order valence-corrected chi connectivity index (χ1v) is 11.2. The van der Waals surface area contributed by atoms with Gasteiger partial charge in [0.25, 0.3) is 5.78 Å². The third-order valence-corrected chi connectivity index (χ3v) is 6.07. The lowest BCUT2D eigenvalue weighted by Crippen LogP contribution is -2.51. The van der Waals surface area contributed by atoms with Crippen LogP contribution < -0.4 is 4.90 Å². The van der Waals surface area contributed by atoms with E-state index in [9.17, 15) is 9.59 Å². The van der Waals surface area contributed by atoms with Gasteiger partial charge in [-0.3, -0.25) is 14.5 Å². The first-order chi connectivity index (χ1) is 15.1. The van der Waals surface area contributed by atoms with Crippen LogP contribution in [0, 0.1) is 6.92 Å². The zero-order chi connectivity index (χ0) is 21.8. The third-order valence-electron chi connectivity index (χ3n) is 6.07. The van der Waals surface area contributed by atoms with E-state index in [1.165, 1.54) is 12.7 Å². The van der Waals surface area contributed by atoms with E-state index in [1.807, 2.05) is 11.8 Å². The molecule has 2 aliphatic heterocycles. The van der Waals surface area contributed by atoms with Gasteiger partial charge in [0.15, 0.2) is 0 Å². The van der Waals surface area contributed by atoms with Gasteiger partial charge in [-0.15, -0.1) is 0 Å². The van der Waals surface area contributed by atoms with Crippen LogP contribution in [0.3, 0.4) is 0 Å². The minimum atomic E-state index is -0.279. The lowest BCUT2D eigenvalue weighted by Gasteiger charge is -2.37. The fourth-order valence-corrected chi connectivity index (χ4v) is 4.41. The fraction of sp³-hybridized carbons (Fsp3) is 0.667. The SMILES string of the molecule is CCOC(=O)Cc1c(C)nc2ncnn2c1N1CCN(CC(=O)N2CCCCC2)CC1. The molecular formula is C21H31N7O3. The maximum Gasteiger partial charge on any atom is 0.310 e. The van der Waals surface area contributed by atoms with Gasteiger partial charge in [-0.2, -0.15) is 14.6 Å². The number of esters is 1. The predicted octanol–water partition coefficient (Wildman–Crippen LogP) is 0.673. The molecule has 1 amide bonds. The Morgan fingerprint density at radius 1 is 1.06 bits per heavy atom. The van der Waals surface area contributed by atoms with Crippen LogP contribution in [0.15, 0.2) is 6.33 Å². The van der Waals surface area contributed by atoms with Crippen molar-refractivity contribution in [3.05, 3.63) is 17.6 Å². The molecule has 0 saturated carbocycles. The van der Waals surface area contributed by atoms with Crippen molar-refractivity contribution in [2.24, 2.45) is 0 Å². The summed E-state index contributed by atoms with van der Waals surface area (Å²) in [6, 6.07) is 0. The Labute approximate surface area is 182 Å². The van der Waals surface area contributed by atoms with Crippen molar-refractivity contribution in [2.75, 3.05) is 57.3 Å². The van der Waals surface area contributed by atoms with Crippen molar-refractivity contribution >= 4 is 23.5 Å². The number of nitrogens with zero attached hydrogens (tertiary/aromatic N) is 7. The van der Waals surface area contributed by atoms with Gasteiger partial charge in [0, 0.05) is 50.5 Å². The van der Waals surface area contributed by atoms with Gasteiger partial charge < -0.3 is 14.5 Å². The van der Waals surface area contributed by atoms with Crippen LogP contribution in [0.4, 0.5) is 5.82 Å². The first-order valence-electron chi connectivity index (χ1n) is 11.2. The van der Waals surface area contributed by atoms with Gasteiger partial charge in [-0.25, -0.2) is 4.98 Å². The number of carbonyl (C=O) groups excluding carboxylic acids is 2. The summed E-state index contributed by atoms with van der Waals surface area (Å²) in [5, 5.41) is 4.35. The van der Waals surface area contributed by atoms with Gasteiger partial charge in [0.2, 0.25) is 5.91 Å². The topological polar surface area (TPSA) is 96.2 Å². The molecule has 0 bridgehead atoms. The maximum absolute atomic E-state index is 12.6. The molecular weight excluding hydrogens is 398 g/mol. The number of ether oxygens (including phenoxy) is 1. The molecule has 4 rings (SSSR count). The second-order valence-electron chi connectivity index (χ2n) is 8.16. The molecule has 0 spiro atoms. The van der Waals surface area contributed by atoms with Gasteiger partial charge in [0.05, 0.1) is 19.6 Å². The molecule has 168 valence electrons. The smallest absolute Gasteiger partial charge is 0.310 e. The molecule has 0 N–H and O–H groups in total. The molecule has 10 nitrogen and oxygen atoms in total. The highest BCUT2D eigenvalue weighted by Crippen LogP contribution is 2.25. The largest absolute Gasteiger partial charge is 0.466 e. The van der Waals surface area contributed by atoms with E-state index in [-0.39, 0.29) is 18.3 Å². The summed E-state index contributed by atoms with van der Waals surface area (Å²) in [5.74, 6) is 1.31. The number of anilines is 1. The van der Waals surface area contributed by atoms with Crippen LogP contribution >= 0.6 is 0 Å². The summed E-state index contributed by atoms with van der Waals surface area (Å²) in [6.45, 7) is 9.30. The monoisotopic (exact) mass is 429 g/mol. The molecule has 4 heterocycles. The summed E-state index contributed by atoms with van der Waals surface area (Å²) < 4.78 is 6.88. The Hall–Kier alpha value is -2.75. The van der Waals surface area contributed by atoms with Crippen LogP contribution in [-0.2, 0) is 20.7 Å². The van der Waals surface area contributed by atoms with E-state index in [0.29, 0.717) is 18.9 Å². The number of aryl methyl sites for hydroxylation is 1. The first kappa shape index (κ1) is 21.5. The molecule has 0 atom stereocenters. The van der Waals surface area contributed by atoms with Gasteiger partial charge in [-0.1, -0.05) is 0 Å². The van der Waals surface area contributed by atoms with Crippen molar-refractivity contribution in [1.82, 2.24) is 29.4 Å². The van der Waals surface area contributed by atoms with Crippen molar-refractivity contribution in [3.8, 4) is 0 Å². The zero-order valence-corrected chi connectivity index (χ0v) is 18.4. The second kappa shape index (κ2) is 9.59. The number of amides is 1. The molecule has 0 aliphatic carbocycles. The average molecular weight is 430 g/mol. The Morgan fingerprint density at radius 3 is 2.52 bits per heavy atom. The molecule has 0 unspecified atom stereocenters. The van der Waals surface area contributed by atoms with E-state index in [1.54, 1.807) is 11.4 Å².